The molecular weight excluding hydrogens is 270 g/mol. The number of nitrogens with zero attached hydrogens (tertiary/aromatic N) is 3. The first kappa shape index (κ1) is 14.6. The summed E-state index contributed by atoms with van der Waals surface area (Å²) in [6.07, 6.45) is 5.94. The topological polar surface area (TPSA) is 39.9 Å². The van der Waals surface area contributed by atoms with Gasteiger partial charge in [0.15, 0.2) is 0 Å². The fourth-order valence-corrected chi connectivity index (χ4v) is 3.23. The zero-order valence-corrected chi connectivity index (χ0v) is 13.4. The van der Waals surface area contributed by atoms with E-state index >= 15 is 0 Å². The molecule has 0 aliphatic carbocycles. The van der Waals surface area contributed by atoms with Crippen molar-refractivity contribution >= 4 is 5.69 Å². The van der Waals surface area contributed by atoms with Crippen LogP contribution in [0.1, 0.15) is 37.0 Å². The minimum Gasteiger partial charge on any atom is -0.369 e. The van der Waals surface area contributed by atoms with Crippen molar-refractivity contribution in [3.05, 3.63) is 47.3 Å². The quantitative estimate of drug-likeness (QED) is 0.836. The lowest BCUT2D eigenvalue weighted by atomic mass is 9.92. The predicted molar refractivity (Wildman–Crippen MR) is 89.9 cm³/mol. The van der Waals surface area contributed by atoms with Gasteiger partial charge >= 0.3 is 0 Å². The van der Waals surface area contributed by atoms with E-state index < -0.39 is 0 Å². The van der Waals surface area contributed by atoms with Gasteiger partial charge in [-0.3, -0.25) is 4.98 Å². The van der Waals surface area contributed by atoms with Crippen LogP contribution in [0, 0.1) is 18.3 Å². The fraction of sp³-hybridized carbons (Fsp3) is 0.368. The number of anilines is 1. The van der Waals surface area contributed by atoms with Crippen molar-refractivity contribution in [1.29, 1.82) is 5.26 Å². The highest BCUT2D eigenvalue weighted by atomic mass is 15.2. The second-order valence-corrected chi connectivity index (χ2v) is 6.28. The van der Waals surface area contributed by atoms with Crippen LogP contribution in [0.5, 0.6) is 0 Å². The number of aryl methyl sites for hydroxylation is 2. The van der Waals surface area contributed by atoms with E-state index in [0.29, 0.717) is 6.04 Å². The number of benzene rings is 1. The Labute approximate surface area is 132 Å². The van der Waals surface area contributed by atoms with Gasteiger partial charge in [-0.05, 0) is 62.9 Å². The fourth-order valence-electron chi connectivity index (χ4n) is 3.23. The standard InChI is InChI=1S/C19H21N3/c1-13(2)22-6-4-5-15-8-18(16(10-20)9-19(15)22)17-7-14(3)11-21-12-17/h7-9,11-13H,4-6H2,1-3H3. The second kappa shape index (κ2) is 5.81. The molecule has 3 rings (SSSR count). The highest BCUT2D eigenvalue weighted by molar-refractivity contribution is 5.76. The van der Waals surface area contributed by atoms with E-state index in [4.69, 9.17) is 0 Å². The van der Waals surface area contributed by atoms with E-state index in [9.17, 15) is 5.26 Å². The molecule has 112 valence electrons. The van der Waals surface area contributed by atoms with Gasteiger partial charge in [0.05, 0.1) is 11.6 Å². The maximum Gasteiger partial charge on any atom is 0.0998 e. The molecule has 1 aliphatic rings. The molecule has 0 amide bonds. The first-order valence-electron chi connectivity index (χ1n) is 7.86. The van der Waals surface area contributed by atoms with Crippen LogP contribution in [0.2, 0.25) is 0 Å². The van der Waals surface area contributed by atoms with E-state index in [1.54, 1.807) is 0 Å². The summed E-state index contributed by atoms with van der Waals surface area (Å²) in [6, 6.07) is 9.18. The average molecular weight is 291 g/mol. The summed E-state index contributed by atoms with van der Waals surface area (Å²) < 4.78 is 0. The van der Waals surface area contributed by atoms with Crippen molar-refractivity contribution in [3.63, 3.8) is 0 Å². The second-order valence-electron chi connectivity index (χ2n) is 6.28. The Morgan fingerprint density at radius 3 is 2.73 bits per heavy atom. The number of pyridine rings is 1. The highest BCUT2D eigenvalue weighted by Crippen LogP contribution is 2.35. The Hall–Kier alpha value is -2.34. The van der Waals surface area contributed by atoms with Crippen LogP contribution in [0.3, 0.4) is 0 Å². The highest BCUT2D eigenvalue weighted by Gasteiger charge is 2.21. The monoisotopic (exact) mass is 291 g/mol. The van der Waals surface area contributed by atoms with Crippen molar-refractivity contribution in [2.45, 2.75) is 39.7 Å². The third-order valence-corrected chi connectivity index (χ3v) is 4.30. The van der Waals surface area contributed by atoms with Crippen LogP contribution in [-0.4, -0.2) is 17.6 Å². The molecule has 0 N–H and O–H groups in total. The lowest BCUT2D eigenvalue weighted by Gasteiger charge is -2.35. The number of rotatable bonds is 2. The average Bonchev–Trinajstić information content (AvgIpc) is 2.52. The largest absolute Gasteiger partial charge is 0.369 e. The summed E-state index contributed by atoms with van der Waals surface area (Å²) in [4.78, 5) is 6.67. The third-order valence-electron chi connectivity index (χ3n) is 4.30. The van der Waals surface area contributed by atoms with E-state index in [-0.39, 0.29) is 0 Å². The van der Waals surface area contributed by atoms with Crippen molar-refractivity contribution in [1.82, 2.24) is 4.98 Å². The molecule has 1 aliphatic heterocycles. The molecule has 0 saturated carbocycles. The maximum atomic E-state index is 9.59. The maximum absolute atomic E-state index is 9.59. The Kier molecular flexibility index (Phi) is 3.85. The predicted octanol–water partition coefficient (Wildman–Crippen LogP) is 4.09. The molecule has 0 fully saturated rings. The van der Waals surface area contributed by atoms with Gasteiger partial charge in [0.2, 0.25) is 0 Å². The molecule has 3 heteroatoms. The van der Waals surface area contributed by atoms with Crippen LogP contribution in [0.4, 0.5) is 5.69 Å². The van der Waals surface area contributed by atoms with Gasteiger partial charge in [0.25, 0.3) is 0 Å². The van der Waals surface area contributed by atoms with Gasteiger partial charge in [0.1, 0.15) is 0 Å². The minimum atomic E-state index is 0.456. The van der Waals surface area contributed by atoms with Crippen LogP contribution in [0.15, 0.2) is 30.6 Å². The number of nitriles is 1. The third kappa shape index (κ3) is 2.57. The summed E-state index contributed by atoms with van der Waals surface area (Å²) in [5.41, 5.74) is 6.45. The Morgan fingerprint density at radius 2 is 2.05 bits per heavy atom. The Bertz CT molecular complexity index is 741. The molecule has 0 radical (unpaired) electrons. The molecule has 2 heterocycles. The molecule has 0 saturated heterocycles. The van der Waals surface area contributed by atoms with Gasteiger partial charge in [-0.15, -0.1) is 0 Å². The summed E-state index contributed by atoms with van der Waals surface area (Å²) in [6.45, 7) is 7.52. The van der Waals surface area contributed by atoms with Gasteiger partial charge in [-0.2, -0.15) is 5.26 Å². The number of hydrogen-bond acceptors (Lipinski definition) is 3. The summed E-state index contributed by atoms with van der Waals surface area (Å²) in [7, 11) is 0. The van der Waals surface area contributed by atoms with E-state index in [0.717, 1.165) is 35.2 Å². The first-order valence-corrected chi connectivity index (χ1v) is 7.86. The lowest BCUT2D eigenvalue weighted by Crippen LogP contribution is -2.35. The summed E-state index contributed by atoms with van der Waals surface area (Å²) in [5.74, 6) is 0. The van der Waals surface area contributed by atoms with Crippen LogP contribution in [0.25, 0.3) is 11.1 Å². The van der Waals surface area contributed by atoms with Crippen LogP contribution < -0.4 is 4.90 Å². The molecule has 0 unspecified atom stereocenters. The molecule has 0 atom stereocenters. The molecule has 1 aromatic carbocycles. The molecule has 0 bridgehead atoms. The first-order chi connectivity index (χ1) is 10.6. The smallest absolute Gasteiger partial charge is 0.0998 e. The summed E-state index contributed by atoms with van der Waals surface area (Å²) >= 11 is 0. The number of aromatic nitrogens is 1. The minimum absolute atomic E-state index is 0.456. The normalized spacial score (nSPS) is 13.9. The lowest BCUT2D eigenvalue weighted by molar-refractivity contribution is 0.625. The van der Waals surface area contributed by atoms with Crippen molar-refractivity contribution < 1.29 is 0 Å². The van der Waals surface area contributed by atoms with Gasteiger partial charge in [-0.1, -0.05) is 0 Å². The molecule has 22 heavy (non-hydrogen) atoms. The van der Waals surface area contributed by atoms with E-state index in [1.165, 1.54) is 17.7 Å². The molecule has 2 aromatic rings. The van der Waals surface area contributed by atoms with Gasteiger partial charge < -0.3 is 4.90 Å². The molecular formula is C19H21N3. The molecule has 3 nitrogen and oxygen atoms in total. The van der Waals surface area contributed by atoms with Gasteiger partial charge in [-0.25, -0.2) is 0 Å². The SMILES string of the molecule is Cc1cncc(-c2cc3c(cc2C#N)N(C(C)C)CCC3)c1. The number of hydrogen-bond donors (Lipinski definition) is 0. The molecule has 1 aromatic heterocycles. The van der Waals surface area contributed by atoms with Crippen LogP contribution in [-0.2, 0) is 6.42 Å². The van der Waals surface area contributed by atoms with Crippen LogP contribution >= 0.6 is 0 Å². The zero-order valence-electron chi connectivity index (χ0n) is 13.4. The van der Waals surface area contributed by atoms with Gasteiger partial charge in [0, 0.05) is 41.8 Å². The van der Waals surface area contributed by atoms with Crippen molar-refractivity contribution in [2.75, 3.05) is 11.4 Å². The molecule has 0 spiro atoms. The summed E-state index contributed by atoms with van der Waals surface area (Å²) in [5, 5.41) is 9.59. The zero-order chi connectivity index (χ0) is 15.7. The van der Waals surface area contributed by atoms with Crippen molar-refractivity contribution in [3.8, 4) is 17.2 Å². The number of fused-ring (bicyclic) bond motifs is 1. The van der Waals surface area contributed by atoms with E-state index in [2.05, 4.69) is 48.0 Å². The Morgan fingerprint density at radius 1 is 1.23 bits per heavy atom. The van der Waals surface area contributed by atoms with E-state index in [1.807, 2.05) is 19.3 Å². The van der Waals surface area contributed by atoms with Crippen molar-refractivity contribution in [2.24, 2.45) is 0 Å². The Balaban J connectivity index is 2.16.